The van der Waals surface area contributed by atoms with Crippen molar-refractivity contribution in [3.05, 3.63) is 10.3 Å². The number of carbonyl (C=O) groups excluding carboxylic acids is 1. The number of ether oxygens (including phenoxy) is 2. The molecule has 0 aliphatic carbocycles. The Kier molecular flexibility index (Phi) is 4.79. The van der Waals surface area contributed by atoms with E-state index in [1.807, 2.05) is 29.3 Å². The zero-order chi connectivity index (χ0) is 16.4. The summed E-state index contributed by atoms with van der Waals surface area (Å²) in [6, 6.07) is 0. The van der Waals surface area contributed by atoms with Crippen LogP contribution in [0.5, 0.6) is 11.5 Å². The molecule has 0 aromatic carbocycles. The maximum atomic E-state index is 12.8. The molecule has 0 bridgehead atoms. The minimum Gasteiger partial charge on any atom is -0.485 e. The Bertz CT molecular complexity index is 574. The standard InChI is InChI=1S/C16H24N2O4S/c1-17(2)11-16(20)4-3-6-18(7-5-16)15(19)14-13-12(10-23-14)21-8-9-22-13/h10,20H,3-9,11H2,1-2H3/t16-/m0/s1. The number of amides is 1. The molecular weight excluding hydrogens is 316 g/mol. The average Bonchev–Trinajstić information content (AvgIpc) is 2.84. The number of rotatable bonds is 3. The van der Waals surface area contributed by atoms with Gasteiger partial charge in [0, 0.05) is 25.0 Å². The van der Waals surface area contributed by atoms with E-state index in [9.17, 15) is 9.90 Å². The van der Waals surface area contributed by atoms with Crippen molar-refractivity contribution >= 4 is 17.2 Å². The molecule has 6 nitrogen and oxygen atoms in total. The van der Waals surface area contributed by atoms with Crippen LogP contribution in [0.25, 0.3) is 0 Å². The lowest BCUT2D eigenvalue weighted by Gasteiger charge is -2.30. The molecular formula is C16H24N2O4S. The first-order chi connectivity index (χ1) is 11.0. The van der Waals surface area contributed by atoms with Crippen molar-refractivity contribution in [2.24, 2.45) is 0 Å². The lowest BCUT2D eigenvalue weighted by atomic mass is 9.94. The first-order valence-electron chi connectivity index (χ1n) is 8.02. The van der Waals surface area contributed by atoms with Crippen LogP contribution in [-0.4, -0.2) is 73.4 Å². The Hall–Kier alpha value is -1.31. The SMILES string of the molecule is CN(C)C[C@]1(O)CCCN(C(=O)c2scc3c2OCCO3)CC1. The lowest BCUT2D eigenvalue weighted by molar-refractivity contribution is 0.00305. The van der Waals surface area contributed by atoms with Crippen molar-refractivity contribution in [1.29, 1.82) is 0 Å². The smallest absolute Gasteiger partial charge is 0.267 e. The number of carbonyl (C=O) groups is 1. The molecule has 2 aliphatic heterocycles. The first-order valence-corrected chi connectivity index (χ1v) is 8.90. The number of likely N-dealkylation sites (N-methyl/N-ethyl adjacent to an activating group) is 1. The molecule has 1 aromatic rings. The number of hydrogen-bond acceptors (Lipinski definition) is 6. The number of aliphatic hydroxyl groups is 1. The summed E-state index contributed by atoms with van der Waals surface area (Å²) in [7, 11) is 3.92. The third-order valence-electron chi connectivity index (χ3n) is 4.31. The molecule has 1 fully saturated rings. The fourth-order valence-corrected chi connectivity index (χ4v) is 4.18. The molecule has 23 heavy (non-hydrogen) atoms. The van der Waals surface area contributed by atoms with E-state index >= 15 is 0 Å². The molecule has 1 atom stereocenters. The van der Waals surface area contributed by atoms with Crippen molar-refractivity contribution in [2.45, 2.75) is 24.9 Å². The van der Waals surface area contributed by atoms with Crippen LogP contribution in [0.3, 0.4) is 0 Å². The molecule has 1 amide bonds. The number of hydrogen-bond donors (Lipinski definition) is 1. The van der Waals surface area contributed by atoms with E-state index in [0.29, 0.717) is 55.6 Å². The quantitative estimate of drug-likeness (QED) is 0.902. The van der Waals surface area contributed by atoms with E-state index in [2.05, 4.69) is 0 Å². The van der Waals surface area contributed by atoms with E-state index < -0.39 is 5.60 Å². The van der Waals surface area contributed by atoms with Gasteiger partial charge in [-0.3, -0.25) is 4.79 Å². The second-order valence-electron chi connectivity index (χ2n) is 6.56. The first kappa shape index (κ1) is 16.5. The molecule has 0 radical (unpaired) electrons. The predicted octanol–water partition coefficient (Wildman–Crippen LogP) is 1.44. The number of likely N-dealkylation sites (tertiary alicyclic amines) is 1. The topological polar surface area (TPSA) is 62.2 Å². The molecule has 1 aromatic heterocycles. The van der Waals surface area contributed by atoms with Gasteiger partial charge in [0.1, 0.15) is 18.1 Å². The Morgan fingerprint density at radius 3 is 2.91 bits per heavy atom. The van der Waals surface area contributed by atoms with E-state index in [1.165, 1.54) is 11.3 Å². The maximum absolute atomic E-state index is 12.8. The summed E-state index contributed by atoms with van der Waals surface area (Å²) in [5.74, 6) is 1.23. The third-order valence-corrected chi connectivity index (χ3v) is 5.24. The lowest BCUT2D eigenvalue weighted by Crippen LogP contribution is -2.41. The van der Waals surface area contributed by atoms with Crippen LogP contribution in [0.2, 0.25) is 0 Å². The van der Waals surface area contributed by atoms with Crippen LogP contribution in [0.15, 0.2) is 5.38 Å². The Morgan fingerprint density at radius 1 is 1.35 bits per heavy atom. The second kappa shape index (κ2) is 6.67. The molecule has 7 heteroatoms. The molecule has 3 rings (SSSR count). The van der Waals surface area contributed by atoms with Crippen LogP contribution in [-0.2, 0) is 0 Å². The zero-order valence-corrected chi connectivity index (χ0v) is 14.5. The van der Waals surface area contributed by atoms with E-state index in [4.69, 9.17) is 9.47 Å². The van der Waals surface area contributed by atoms with Gasteiger partial charge in [0.05, 0.1) is 5.60 Å². The normalized spacial score (nSPS) is 24.6. The summed E-state index contributed by atoms with van der Waals surface area (Å²) in [5.41, 5.74) is -0.715. The van der Waals surface area contributed by atoms with Gasteiger partial charge in [-0.1, -0.05) is 0 Å². The largest absolute Gasteiger partial charge is 0.485 e. The summed E-state index contributed by atoms with van der Waals surface area (Å²) >= 11 is 1.37. The van der Waals surface area contributed by atoms with Gasteiger partial charge < -0.3 is 24.4 Å². The van der Waals surface area contributed by atoms with Gasteiger partial charge in [0.25, 0.3) is 5.91 Å². The summed E-state index contributed by atoms with van der Waals surface area (Å²) in [5, 5.41) is 12.6. The van der Waals surface area contributed by atoms with Crippen LogP contribution >= 0.6 is 11.3 Å². The third kappa shape index (κ3) is 3.62. The summed E-state index contributed by atoms with van der Waals surface area (Å²) < 4.78 is 11.1. The fraction of sp³-hybridized carbons (Fsp3) is 0.688. The summed E-state index contributed by atoms with van der Waals surface area (Å²) in [6.45, 7) is 2.87. The average molecular weight is 340 g/mol. The molecule has 1 saturated heterocycles. The van der Waals surface area contributed by atoms with Crippen LogP contribution in [0.1, 0.15) is 28.9 Å². The van der Waals surface area contributed by atoms with Gasteiger partial charge in [-0.15, -0.1) is 11.3 Å². The Labute approximate surface area is 140 Å². The fourth-order valence-electron chi connectivity index (χ4n) is 3.28. The molecule has 0 spiro atoms. The van der Waals surface area contributed by atoms with Gasteiger partial charge in [0.2, 0.25) is 0 Å². The molecule has 0 saturated carbocycles. The van der Waals surface area contributed by atoms with Crippen LogP contribution < -0.4 is 9.47 Å². The molecule has 1 N–H and O–H groups in total. The monoisotopic (exact) mass is 340 g/mol. The highest BCUT2D eigenvalue weighted by Gasteiger charge is 2.34. The second-order valence-corrected chi connectivity index (χ2v) is 7.44. The van der Waals surface area contributed by atoms with Crippen LogP contribution in [0, 0.1) is 0 Å². The van der Waals surface area contributed by atoms with E-state index in [-0.39, 0.29) is 5.91 Å². The van der Waals surface area contributed by atoms with Gasteiger partial charge in [-0.05, 0) is 33.4 Å². The van der Waals surface area contributed by atoms with Gasteiger partial charge in [0.15, 0.2) is 11.5 Å². The summed E-state index contributed by atoms with van der Waals surface area (Å²) in [4.78, 5) is 17.3. The summed E-state index contributed by atoms with van der Waals surface area (Å²) in [6.07, 6.45) is 2.12. The van der Waals surface area contributed by atoms with Crippen molar-refractivity contribution in [3.63, 3.8) is 0 Å². The highest BCUT2D eigenvalue weighted by Crippen LogP contribution is 2.40. The van der Waals surface area contributed by atoms with Gasteiger partial charge >= 0.3 is 0 Å². The van der Waals surface area contributed by atoms with Crippen molar-refractivity contribution in [3.8, 4) is 11.5 Å². The van der Waals surface area contributed by atoms with Crippen LogP contribution in [0.4, 0.5) is 0 Å². The minimum atomic E-state index is -0.715. The molecule has 0 unspecified atom stereocenters. The molecule has 3 heterocycles. The highest BCUT2D eigenvalue weighted by molar-refractivity contribution is 7.12. The number of fused-ring (bicyclic) bond motifs is 1. The maximum Gasteiger partial charge on any atom is 0.267 e. The Morgan fingerprint density at radius 2 is 2.13 bits per heavy atom. The number of nitrogens with zero attached hydrogens (tertiary/aromatic N) is 2. The van der Waals surface area contributed by atoms with Crippen molar-refractivity contribution < 1.29 is 19.4 Å². The van der Waals surface area contributed by atoms with Crippen molar-refractivity contribution in [2.75, 3.05) is 46.9 Å². The molecule has 2 aliphatic rings. The van der Waals surface area contributed by atoms with Crippen molar-refractivity contribution in [1.82, 2.24) is 9.80 Å². The van der Waals surface area contributed by atoms with E-state index in [1.54, 1.807) is 0 Å². The molecule has 128 valence electrons. The minimum absolute atomic E-state index is 0.0177. The number of thiophene rings is 1. The highest BCUT2D eigenvalue weighted by atomic mass is 32.1. The van der Waals surface area contributed by atoms with Gasteiger partial charge in [-0.25, -0.2) is 0 Å². The predicted molar refractivity (Wildman–Crippen MR) is 88.6 cm³/mol. The Balaban J connectivity index is 1.70. The van der Waals surface area contributed by atoms with Gasteiger partial charge in [-0.2, -0.15) is 0 Å². The van der Waals surface area contributed by atoms with E-state index in [0.717, 1.165) is 12.8 Å². The zero-order valence-electron chi connectivity index (χ0n) is 13.7.